The molecule has 5 heteroatoms. The zero-order valence-corrected chi connectivity index (χ0v) is 11.2. The summed E-state index contributed by atoms with van der Waals surface area (Å²) in [5.74, 6) is 0. The number of hydrogen-bond donors (Lipinski definition) is 1. The second-order valence-corrected chi connectivity index (χ2v) is 5.18. The molecule has 96 valence electrons. The Kier molecular flexibility index (Phi) is 3.76. The molecule has 1 N–H and O–H groups in total. The first-order valence-corrected chi connectivity index (χ1v) is 6.38. The standard InChI is InChI=1S/C12H19ClN2O2/c1-7-4-5-11(17-7)10(16)6-9-12(13)8(2)14-15(9)3/h7,10-11,16H,4-6H2,1-3H3. The fourth-order valence-corrected chi connectivity index (χ4v) is 2.59. The van der Waals surface area contributed by atoms with Gasteiger partial charge in [0.25, 0.3) is 0 Å². The fourth-order valence-electron chi connectivity index (χ4n) is 2.35. The molecular weight excluding hydrogens is 240 g/mol. The highest BCUT2D eigenvalue weighted by molar-refractivity contribution is 6.31. The summed E-state index contributed by atoms with van der Waals surface area (Å²) in [6, 6.07) is 0. The molecule has 4 nitrogen and oxygen atoms in total. The van der Waals surface area contributed by atoms with Crippen LogP contribution in [0, 0.1) is 6.92 Å². The van der Waals surface area contributed by atoms with E-state index >= 15 is 0 Å². The Morgan fingerprint density at radius 3 is 2.76 bits per heavy atom. The molecule has 3 unspecified atom stereocenters. The molecule has 0 aromatic carbocycles. The average molecular weight is 259 g/mol. The summed E-state index contributed by atoms with van der Waals surface area (Å²) in [5.41, 5.74) is 1.68. The molecule has 1 aromatic heterocycles. The molecule has 0 amide bonds. The van der Waals surface area contributed by atoms with Crippen LogP contribution in [-0.2, 0) is 18.2 Å². The SMILES string of the molecule is Cc1nn(C)c(CC(O)C2CCC(C)O2)c1Cl. The third kappa shape index (κ3) is 2.64. The topological polar surface area (TPSA) is 47.3 Å². The van der Waals surface area contributed by atoms with Crippen LogP contribution >= 0.6 is 11.6 Å². The van der Waals surface area contributed by atoms with E-state index in [9.17, 15) is 5.11 Å². The fraction of sp³-hybridized carbons (Fsp3) is 0.750. The number of halogens is 1. The van der Waals surface area contributed by atoms with Crippen molar-refractivity contribution in [1.29, 1.82) is 0 Å². The summed E-state index contributed by atoms with van der Waals surface area (Å²) in [6.07, 6.45) is 2.09. The zero-order valence-electron chi connectivity index (χ0n) is 10.5. The van der Waals surface area contributed by atoms with E-state index in [1.54, 1.807) is 4.68 Å². The van der Waals surface area contributed by atoms with E-state index in [-0.39, 0.29) is 12.2 Å². The van der Waals surface area contributed by atoms with Crippen LogP contribution in [0.4, 0.5) is 0 Å². The number of aryl methyl sites for hydroxylation is 2. The van der Waals surface area contributed by atoms with E-state index in [0.717, 1.165) is 24.2 Å². The average Bonchev–Trinajstić information content (AvgIpc) is 2.79. The van der Waals surface area contributed by atoms with Gasteiger partial charge in [0.05, 0.1) is 34.7 Å². The van der Waals surface area contributed by atoms with Gasteiger partial charge in [-0.1, -0.05) is 11.6 Å². The first kappa shape index (κ1) is 12.9. The Labute approximate surface area is 107 Å². The first-order valence-electron chi connectivity index (χ1n) is 6.00. The summed E-state index contributed by atoms with van der Waals surface area (Å²) in [6.45, 7) is 3.90. The van der Waals surface area contributed by atoms with Crippen molar-refractivity contribution in [3.05, 3.63) is 16.4 Å². The quantitative estimate of drug-likeness (QED) is 0.900. The lowest BCUT2D eigenvalue weighted by molar-refractivity contribution is -0.0284. The van der Waals surface area contributed by atoms with Crippen LogP contribution in [0.2, 0.25) is 5.02 Å². The minimum absolute atomic E-state index is 0.0729. The number of aliphatic hydroxyl groups is 1. The van der Waals surface area contributed by atoms with Gasteiger partial charge in [-0.15, -0.1) is 0 Å². The molecule has 2 heterocycles. The Hall–Kier alpha value is -0.580. The molecule has 0 aliphatic carbocycles. The van der Waals surface area contributed by atoms with Gasteiger partial charge >= 0.3 is 0 Å². The van der Waals surface area contributed by atoms with Gasteiger partial charge in [0.2, 0.25) is 0 Å². The van der Waals surface area contributed by atoms with Crippen molar-refractivity contribution >= 4 is 11.6 Å². The minimum atomic E-state index is -0.507. The molecule has 0 bridgehead atoms. The monoisotopic (exact) mass is 258 g/mol. The summed E-state index contributed by atoms with van der Waals surface area (Å²) in [5, 5.41) is 15.0. The molecule has 0 saturated carbocycles. The van der Waals surface area contributed by atoms with Crippen molar-refractivity contribution in [3.8, 4) is 0 Å². The van der Waals surface area contributed by atoms with E-state index in [0.29, 0.717) is 11.4 Å². The summed E-state index contributed by atoms with van der Waals surface area (Å²) in [7, 11) is 1.85. The van der Waals surface area contributed by atoms with Crippen molar-refractivity contribution in [2.75, 3.05) is 0 Å². The maximum absolute atomic E-state index is 10.2. The highest BCUT2D eigenvalue weighted by Crippen LogP contribution is 2.26. The van der Waals surface area contributed by atoms with Crippen molar-refractivity contribution < 1.29 is 9.84 Å². The first-order chi connectivity index (χ1) is 7.99. The van der Waals surface area contributed by atoms with E-state index in [1.165, 1.54) is 0 Å². The van der Waals surface area contributed by atoms with Crippen molar-refractivity contribution in [3.63, 3.8) is 0 Å². The lowest BCUT2D eigenvalue weighted by atomic mass is 10.1. The Morgan fingerprint density at radius 1 is 1.59 bits per heavy atom. The summed E-state index contributed by atoms with van der Waals surface area (Å²) < 4.78 is 7.39. The van der Waals surface area contributed by atoms with E-state index in [4.69, 9.17) is 16.3 Å². The highest BCUT2D eigenvalue weighted by Gasteiger charge is 2.29. The van der Waals surface area contributed by atoms with Crippen molar-refractivity contribution in [2.45, 2.75) is 51.4 Å². The number of hydrogen-bond acceptors (Lipinski definition) is 3. The number of aliphatic hydroxyl groups excluding tert-OH is 1. The van der Waals surface area contributed by atoms with Gasteiger partial charge < -0.3 is 9.84 Å². The van der Waals surface area contributed by atoms with Crippen LogP contribution in [0.25, 0.3) is 0 Å². The van der Waals surface area contributed by atoms with E-state index in [1.807, 2.05) is 20.9 Å². The molecule has 3 atom stereocenters. The number of ether oxygens (including phenoxy) is 1. The van der Waals surface area contributed by atoms with Gasteiger partial charge in [0.1, 0.15) is 0 Å². The largest absolute Gasteiger partial charge is 0.390 e. The highest BCUT2D eigenvalue weighted by atomic mass is 35.5. The molecule has 1 saturated heterocycles. The van der Waals surface area contributed by atoms with Gasteiger partial charge in [0, 0.05) is 13.5 Å². The van der Waals surface area contributed by atoms with Gasteiger partial charge in [0.15, 0.2) is 0 Å². The van der Waals surface area contributed by atoms with Crippen LogP contribution < -0.4 is 0 Å². The smallest absolute Gasteiger partial charge is 0.0857 e. The molecule has 0 radical (unpaired) electrons. The molecule has 0 spiro atoms. The Morgan fingerprint density at radius 2 is 2.29 bits per heavy atom. The lowest BCUT2D eigenvalue weighted by Crippen LogP contribution is -2.29. The maximum Gasteiger partial charge on any atom is 0.0857 e. The number of aromatic nitrogens is 2. The second-order valence-electron chi connectivity index (χ2n) is 4.80. The van der Waals surface area contributed by atoms with Crippen molar-refractivity contribution in [1.82, 2.24) is 9.78 Å². The molecule has 2 rings (SSSR count). The van der Waals surface area contributed by atoms with E-state index in [2.05, 4.69) is 5.10 Å². The van der Waals surface area contributed by atoms with Crippen LogP contribution in [-0.4, -0.2) is 33.2 Å². The zero-order chi connectivity index (χ0) is 12.6. The second kappa shape index (κ2) is 4.96. The summed E-state index contributed by atoms with van der Waals surface area (Å²) >= 11 is 6.16. The van der Waals surface area contributed by atoms with Gasteiger partial charge in [-0.3, -0.25) is 4.68 Å². The number of rotatable bonds is 3. The Bertz CT molecular complexity index is 405. The van der Waals surface area contributed by atoms with E-state index < -0.39 is 6.10 Å². The predicted molar refractivity (Wildman–Crippen MR) is 66.2 cm³/mol. The third-order valence-corrected chi connectivity index (χ3v) is 3.85. The van der Waals surface area contributed by atoms with Crippen LogP contribution in [0.5, 0.6) is 0 Å². The molecule has 17 heavy (non-hydrogen) atoms. The molecular formula is C12H19ClN2O2. The molecule has 1 fully saturated rings. The third-order valence-electron chi connectivity index (χ3n) is 3.36. The van der Waals surface area contributed by atoms with Crippen LogP contribution in [0.15, 0.2) is 0 Å². The van der Waals surface area contributed by atoms with Crippen molar-refractivity contribution in [2.24, 2.45) is 7.05 Å². The van der Waals surface area contributed by atoms with Crippen LogP contribution in [0.3, 0.4) is 0 Å². The maximum atomic E-state index is 10.2. The molecule has 1 aliphatic rings. The molecule has 1 aliphatic heterocycles. The van der Waals surface area contributed by atoms with Crippen LogP contribution in [0.1, 0.15) is 31.2 Å². The van der Waals surface area contributed by atoms with Gasteiger partial charge in [-0.25, -0.2) is 0 Å². The number of nitrogens with zero attached hydrogens (tertiary/aromatic N) is 2. The minimum Gasteiger partial charge on any atom is -0.390 e. The normalized spacial score (nSPS) is 26.4. The summed E-state index contributed by atoms with van der Waals surface area (Å²) in [4.78, 5) is 0. The Balaban J connectivity index is 2.05. The van der Waals surface area contributed by atoms with Gasteiger partial charge in [-0.05, 0) is 26.7 Å². The predicted octanol–water partition coefficient (Wildman–Crippen LogP) is 1.85. The lowest BCUT2D eigenvalue weighted by Gasteiger charge is -2.18. The van der Waals surface area contributed by atoms with Gasteiger partial charge in [-0.2, -0.15) is 5.10 Å². The molecule has 1 aromatic rings.